The lowest BCUT2D eigenvalue weighted by Gasteiger charge is -2.56. The van der Waals surface area contributed by atoms with Crippen molar-refractivity contribution in [1.82, 2.24) is 0 Å². The second kappa shape index (κ2) is 3.28. The van der Waals surface area contributed by atoms with Crippen molar-refractivity contribution >= 4 is 11.4 Å². The number of methoxy groups -OCH3 is 1. The Morgan fingerprint density at radius 1 is 1.38 bits per heavy atom. The minimum atomic E-state index is 0.439. The molecule has 2 N–H and O–H groups in total. The van der Waals surface area contributed by atoms with E-state index in [1.165, 1.54) is 5.69 Å². The van der Waals surface area contributed by atoms with Gasteiger partial charge in [-0.2, -0.15) is 0 Å². The van der Waals surface area contributed by atoms with E-state index < -0.39 is 0 Å². The van der Waals surface area contributed by atoms with Gasteiger partial charge in [-0.25, -0.2) is 0 Å². The van der Waals surface area contributed by atoms with Gasteiger partial charge in [0.2, 0.25) is 0 Å². The van der Waals surface area contributed by atoms with E-state index >= 15 is 0 Å². The lowest BCUT2D eigenvalue weighted by Crippen LogP contribution is -2.66. The van der Waals surface area contributed by atoms with Gasteiger partial charge < -0.3 is 20.1 Å². The molecule has 0 aromatic heterocycles. The Kier molecular flexibility index (Phi) is 2.01. The van der Waals surface area contributed by atoms with Gasteiger partial charge in [-0.05, 0) is 12.1 Å². The molecule has 16 heavy (non-hydrogen) atoms. The monoisotopic (exact) mass is 220 g/mol. The average Bonchev–Trinajstić information content (AvgIpc) is 2.16. The highest BCUT2D eigenvalue weighted by Crippen LogP contribution is 2.41. The summed E-state index contributed by atoms with van der Waals surface area (Å²) in [4.78, 5) is 2.34. The number of nitrogens with two attached hydrogens (primary N) is 1. The summed E-state index contributed by atoms with van der Waals surface area (Å²) in [5.74, 6) is 0.753. The molecule has 0 radical (unpaired) electrons. The van der Waals surface area contributed by atoms with Crippen LogP contribution in [0.2, 0.25) is 0 Å². The Balaban J connectivity index is 1.75. The number of ether oxygens (including phenoxy) is 2. The zero-order chi connectivity index (χ0) is 11.2. The highest BCUT2D eigenvalue weighted by atomic mass is 16.5. The van der Waals surface area contributed by atoms with Crippen LogP contribution in [0.25, 0.3) is 0 Å². The maximum Gasteiger partial charge on any atom is 0.143 e. The molecule has 0 bridgehead atoms. The molecule has 2 aliphatic rings. The first-order chi connectivity index (χ1) is 7.72. The molecule has 0 amide bonds. The fraction of sp³-hybridized carbons (Fsp3) is 0.500. The molecule has 0 aliphatic carbocycles. The number of nitrogens with zero attached hydrogens (tertiary/aromatic N) is 1. The van der Waals surface area contributed by atoms with Gasteiger partial charge in [0.05, 0.1) is 31.4 Å². The second-order valence-electron chi connectivity index (χ2n) is 4.78. The van der Waals surface area contributed by atoms with Crippen LogP contribution in [0.4, 0.5) is 11.4 Å². The molecule has 4 heteroatoms. The number of rotatable bonds is 2. The summed E-state index contributed by atoms with van der Waals surface area (Å²) in [7, 11) is 1.65. The topological polar surface area (TPSA) is 47.7 Å². The van der Waals surface area contributed by atoms with Crippen LogP contribution in [0.3, 0.4) is 0 Å². The zero-order valence-corrected chi connectivity index (χ0v) is 9.40. The van der Waals surface area contributed by atoms with E-state index in [4.69, 9.17) is 15.2 Å². The van der Waals surface area contributed by atoms with Crippen molar-refractivity contribution < 1.29 is 9.47 Å². The molecule has 2 saturated heterocycles. The maximum absolute atomic E-state index is 5.79. The van der Waals surface area contributed by atoms with Gasteiger partial charge in [-0.1, -0.05) is 0 Å². The third-order valence-corrected chi connectivity index (χ3v) is 3.45. The van der Waals surface area contributed by atoms with E-state index in [9.17, 15) is 0 Å². The third-order valence-electron chi connectivity index (χ3n) is 3.45. The summed E-state index contributed by atoms with van der Waals surface area (Å²) in [6.45, 7) is 3.99. The predicted molar refractivity (Wildman–Crippen MR) is 62.9 cm³/mol. The number of hydrogen-bond donors (Lipinski definition) is 1. The number of anilines is 2. The maximum atomic E-state index is 5.79. The van der Waals surface area contributed by atoms with Crippen molar-refractivity contribution in [3.63, 3.8) is 0 Å². The van der Waals surface area contributed by atoms with Crippen LogP contribution in [-0.2, 0) is 4.74 Å². The van der Waals surface area contributed by atoms with E-state index in [1.54, 1.807) is 7.11 Å². The Labute approximate surface area is 94.9 Å². The van der Waals surface area contributed by atoms with Crippen molar-refractivity contribution in [1.29, 1.82) is 0 Å². The van der Waals surface area contributed by atoms with Gasteiger partial charge in [0.1, 0.15) is 5.75 Å². The molecule has 0 saturated carbocycles. The van der Waals surface area contributed by atoms with Crippen LogP contribution in [0.5, 0.6) is 5.75 Å². The summed E-state index contributed by atoms with van der Waals surface area (Å²) >= 11 is 0. The van der Waals surface area contributed by atoms with Crippen molar-refractivity contribution in [2.75, 3.05) is 44.0 Å². The van der Waals surface area contributed by atoms with Crippen molar-refractivity contribution in [3.05, 3.63) is 18.2 Å². The van der Waals surface area contributed by atoms with Gasteiger partial charge in [0, 0.05) is 24.8 Å². The molecule has 0 unspecified atom stereocenters. The molecule has 0 atom stereocenters. The van der Waals surface area contributed by atoms with Gasteiger partial charge in [-0.15, -0.1) is 0 Å². The highest BCUT2D eigenvalue weighted by molar-refractivity contribution is 5.63. The summed E-state index contributed by atoms with van der Waals surface area (Å²) in [6, 6.07) is 5.95. The van der Waals surface area contributed by atoms with Gasteiger partial charge in [0.15, 0.2) is 0 Å². The largest absolute Gasteiger partial charge is 0.495 e. The summed E-state index contributed by atoms with van der Waals surface area (Å²) in [5.41, 5.74) is 8.10. The Morgan fingerprint density at radius 2 is 2.12 bits per heavy atom. The van der Waals surface area contributed by atoms with E-state index in [1.807, 2.05) is 18.2 Å². The van der Waals surface area contributed by atoms with Crippen molar-refractivity contribution in [2.24, 2.45) is 5.41 Å². The van der Waals surface area contributed by atoms with Crippen molar-refractivity contribution in [2.45, 2.75) is 0 Å². The van der Waals surface area contributed by atoms with Crippen LogP contribution < -0.4 is 15.4 Å². The Morgan fingerprint density at radius 3 is 2.69 bits per heavy atom. The normalized spacial score (nSPS) is 21.4. The molecule has 1 aromatic carbocycles. The first-order valence-corrected chi connectivity index (χ1v) is 5.49. The predicted octanol–water partition coefficient (Wildman–Crippen LogP) is 1.11. The molecule has 2 aliphatic heterocycles. The first-order valence-electron chi connectivity index (χ1n) is 5.49. The molecule has 2 fully saturated rings. The highest BCUT2D eigenvalue weighted by Gasteiger charge is 2.49. The third kappa shape index (κ3) is 1.33. The first kappa shape index (κ1) is 9.78. The summed E-state index contributed by atoms with van der Waals surface area (Å²) in [5, 5.41) is 0. The average molecular weight is 220 g/mol. The molecule has 4 nitrogen and oxygen atoms in total. The molecular formula is C12H16N2O2. The molecule has 1 spiro atoms. The van der Waals surface area contributed by atoms with Crippen LogP contribution >= 0.6 is 0 Å². The molecule has 86 valence electrons. The number of hydrogen-bond acceptors (Lipinski definition) is 4. The van der Waals surface area contributed by atoms with Crippen LogP contribution in [0, 0.1) is 5.41 Å². The van der Waals surface area contributed by atoms with E-state index in [2.05, 4.69) is 4.90 Å². The van der Waals surface area contributed by atoms with E-state index in [0.29, 0.717) is 11.1 Å². The Hall–Kier alpha value is -1.42. The fourth-order valence-corrected chi connectivity index (χ4v) is 2.42. The van der Waals surface area contributed by atoms with Crippen molar-refractivity contribution in [3.8, 4) is 5.75 Å². The SMILES string of the molecule is COc1cc(N2CC3(COC3)C2)ccc1N. The number of nitrogen functional groups attached to an aromatic ring is 1. The van der Waals surface area contributed by atoms with E-state index in [0.717, 1.165) is 32.1 Å². The van der Waals surface area contributed by atoms with Gasteiger partial charge >= 0.3 is 0 Å². The molecule has 1 aromatic rings. The molecule has 3 rings (SSSR count). The fourth-order valence-electron chi connectivity index (χ4n) is 2.42. The minimum absolute atomic E-state index is 0.439. The van der Waals surface area contributed by atoms with Crippen LogP contribution in [-0.4, -0.2) is 33.4 Å². The summed E-state index contributed by atoms with van der Waals surface area (Å²) < 4.78 is 10.5. The van der Waals surface area contributed by atoms with Crippen LogP contribution in [0.1, 0.15) is 0 Å². The lowest BCUT2D eigenvalue weighted by molar-refractivity contribution is -0.127. The lowest BCUT2D eigenvalue weighted by atomic mass is 9.78. The molecular weight excluding hydrogens is 204 g/mol. The summed E-state index contributed by atoms with van der Waals surface area (Å²) in [6.07, 6.45) is 0. The number of benzene rings is 1. The zero-order valence-electron chi connectivity index (χ0n) is 9.40. The quantitative estimate of drug-likeness (QED) is 0.759. The van der Waals surface area contributed by atoms with Gasteiger partial charge in [-0.3, -0.25) is 0 Å². The van der Waals surface area contributed by atoms with Crippen LogP contribution in [0.15, 0.2) is 18.2 Å². The molecule has 2 heterocycles. The smallest absolute Gasteiger partial charge is 0.143 e. The van der Waals surface area contributed by atoms with Gasteiger partial charge in [0.25, 0.3) is 0 Å². The Bertz CT molecular complexity index is 407. The van der Waals surface area contributed by atoms with E-state index in [-0.39, 0.29) is 0 Å². The minimum Gasteiger partial charge on any atom is -0.495 e. The second-order valence-corrected chi connectivity index (χ2v) is 4.78. The standard InChI is InChI=1S/C12H16N2O2/c1-15-11-4-9(2-3-10(11)13)14-5-12(6-14)7-16-8-12/h2-4H,5-8,13H2,1H3.